The molecule has 0 unspecified atom stereocenters. The summed E-state index contributed by atoms with van der Waals surface area (Å²) < 4.78 is 74.5. The Morgan fingerprint density at radius 1 is 1.29 bits per heavy atom. The summed E-state index contributed by atoms with van der Waals surface area (Å²) in [5.74, 6) is -4.00. The topological polar surface area (TPSA) is 59.9 Å². The number of hydrogen-bond donors (Lipinski definition) is 1. The van der Waals surface area contributed by atoms with E-state index in [9.17, 15) is 26.7 Å². The summed E-state index contributed by atoms with van der Waals surface area (Å²) in [6, 6.07) is 2.85. The van der Waals surface area contributed by atoms with Crippen molar-refractivity contribution in [3.05, 3.63) is 29.3 Å². The number of hydrazone groups is 1. The minimum Gasteiger partial charge on any atom is -0.487 e. The molecule has 1 heterocycles. The Balaban J connectivity index is 2.38. The van der Waals surface area contributed by atoms with E-state index in [1.54, 1.807) is 0 Å². The van der Waals surface area contributed by atoms with Gasteiger partial charge in [-0.3, -0.25) is 0 Å². The average molecular weight is 352 g/mol. The maximum absolute atomic E-state index is 13.2. The Labute approximate surface area is 133 Å². The number of ether oxygens (including phenoxy) is 2. The highest BCUT2D eigenvalue weighted by molar-refractivity contribution is 6.06. The summed E-state index contributed by atoms with van der Waals surface area (Å²) in [5, 5.41) is 3.66. The molecule has 0 bridgehead atoms. The molecular formula is C14H13F5N2O3. The summed E-state index contributed by atoms with van der Waals surface area (Å²) >= 11 is 0. The highest BCUT2D eigenvalue weighted by Crippen LogP contribution is 2.37. The number of carbonyl (C=O) groups excluding carboxylic acids is 1. The van der Waals surface area contributed by atoms with E-state index in [1.807, 2.05) is 5.43 Å². The Kier molecular flexibility index (Phi) is 4.68. The van der Waals surface area contributed by atoms with Crippen molar-refractivity contribution in [3.8, 4) is 5.75 Å². The first-order chi connectivity index (χ1) is 11.0. The van der Waals surface area contributed by atoms with E-state index in [1.165, 1.54) is 13.0 Å². The van der Waals surface area contributed by atoms with Crippen molar-refractivity contribution < 1.29 is 36.2 Å². The fourth-order valence-electron chi connectivity index (χ4n) is 1.98. The van der Waals surface area contributed by atoms with Gasteiger partial charge in [0.25, 0.3) is 5.92 Å². The van der Waals surface area contributed by atoms with Gasteiger partial charge in [-0.1, -0.05) is 0 Å². The molecular weight excluding hydrogens is 339 g/mol. The number of hydrogen-bond acceptors (Lipinski definition) is 4. The largest absolute Gasteiger partial charge is 0.487 e. The van der Waals surface area contributed by atoms with Crippen LogP contribution >= 0.6 is 0 Å². The van der Waals surface area contributed by atoms with E-state index >= 15 is 0 Å². The van der Waals surface area contributed by atoms with Crippen molar-refractivity contribution >= 4 is 11.8 Å². The van der Waals surface area contributed by atoms with Crippen LogP contribution in [0.3, 0.4) is 0 Å². The summed E-state index contributed by atoms with van der Waals surface area (Å²) in [6.07, 6.45) is -6.52. The zero-order valence-corrected chi connectivity index (χ0v) is 12.6. The molecule has 0 saturated carbocycles. The van der Waals surface area contributed by atoms with Crippen LogP contribution in [0.25, 0.3) is 0 Å². The summed E-state index contributed by atoms with van der Waals surface area (Å²) in [7, 11) is 0. The average Bonchev–Trinajstić information content (AvgIpc) is 2.43. The first-order valence-corrected chi connectivity index (χ1v) is 6.74. The molecule has 0 fully saturated rings. The molecule has 2 rings (SSSR count). The normalized spacial score (nSPS) is 18.5. The summed E-state index contributed by atoms with van der Waals surface area (Å²) in [6.45, 7) is 0.784. The van der Waals surface area contributed by atoms with Gasteiger partial charge in [-0.2, -0.15) is 18.3 Å². The van der Waals surface area contributed by atoms with Crippen LogP contribution in [-0.4, -0.2) is 30.4 Å². The van der Waals surface area contributed by atoms with Crippen molar-refractivity contribution in [1.82, 2.24) is 5.43 Å². The first-order valence-electron chi connectivity index (χ1n) is 6.74. The molecule has 1 aliphatic rings. The van der Waals surface area contributed by atoms with E-state index in [0.717, 1.165) is 6.07 Å². The number of cyclic esters (lactones) is 1. The molecule has 1 aromatic rings. The zero-order chi connectivity index (χ0) is 18.1. The van der Waals surface area contributed by atoms with Gasteiger partial charge in [-0.05, 0) is 25.1 Å². The van der Waals surface area contributed by atoms with Crippen molar-refractivity contribution in [1.29, 1.82) is 0 Å². The predicted molar refractivity (Wildman–Crippen MR) is 73.2 cm³/mol. The van der Waals surface area contributed by atoms with E-state index in [4.69, 9.17) is 4.74 Å². The van der Waals surface area contributed by atoms with Gasteiger partial charge < -0.3 is 9.47 Å². The molecule has 10 heteroatoms. The van der Waals surface area contributed by atoms with Crippen LogP contribution in [0.1, 0.15) is 25.0 Å². The Bertz CT molecular complexity index is 667. The minimum atomic E-state index is -4.82. The van der Waals surface area contributed by atoms with E-state index in [-0.39, 0.29) is 11.3 Å². The van der Waals surface area contributed by atoms with Gasteiger partial charge in [0.2, 0.25) is 0 Å². The standard InChI is InChI=1S/C14H13F5N2O3/c1-7-11(20-21-12(22)24-7)8-3-4-10(23-6-13(2,15)16)9(5-8)14(17,18)19/h3-5,7H,6H2,1-2H3,(H,21,22)/t7-/m0/s1. The molecule has 1 aromatic carbocycles. The van der Waals surface area contributed by atoms with Crippen LogP contribution < -0.4 is 10.2 Å². The van der Waals surface area contributed by atoms with Crippen LogP contribution in [0.5, 0.6) is 5.75 Å². The molecule has 0 radical (unpaired) electrons. The number of nitrogens with zero attached hydrogens (tertiary/aromatic N) is 1. The maximum Gasteiger partial charge on any atom is 0.428 e. The third kappa shape index (κ3) is 4.33. The predicted octanol–water partition coefficient (Wildman–Crippen LogP) is 3.57. The van der Waals surface area contributed by atoms with Crippen LogP contribution in [-0.2, 0) is 10.9 Å². The fraction of sp³-hybridized carbons (Fsp3) is 0.429. The number of nitrogens with one attached hydrogen (secondary N) is 1. The molecule has 0 aliphatic carbocycles. The zero-order valence-electron chi connectivity index (χ0n) is 12.6. The number of amides is 1. The summed E-state index contributed by atoms with van der Waals surface area (Å²) in [4.78, 5) is 11.0. The lowest BCUT2D eigenvalue weighted by Crippen LogP contribution is -2.37. The third-order valence-electron chi connectivity index (χ3n) is 3.00. The molecule has 5 nitrogen and oxygen atoms in total. The van der Waals surface area contributed by atoms with Crippen molar-refractivity contribution in [3.63, 3.8) is 0 Å². The Hall–Kier alpha value is -2.39. The summed E-state index contributed by atoms with van der Waals surface area (Å²) in [5.41, 5.74) is 0.850. The number of benzene rings is 1. The van der Waals surface area contributed by atoms with Crippen LogP contribution in [0.2, 0.25) is 0 Å². The fourth-order valence-corrected chi connectivity index (χ4v) is 1.98. The van der Waals surface area contributed by atoms with Gasteiger partial charge >= 0.3 is 12.3 Å². The van der Waals surface area contributed by atoms with Crippen molar-refractivity contribution in [2.45, 2.75) is 32.1 Å². The second kappa shape index (κ2) is 6.25. The SMILES string of the molecule is C[C@@H]1OC(=O)NN=C1c1ccc(OCC(C)(F)F)c(C(F)(F)F)c1. The van der Waals surface area contributed by atoms with Gasteiger partial charge in [-0.15, -0.1) is 0 Å². The lowest BCUT2D eigenvalue weighted by molar-refractivity contribution is -0.139. The van der Waals surface area contributed by atoms with Gasteiger partial charge in [0.1, 0.15) is 17.6 Å². The molecule has 24 heavy (non-hydrogen) atoms. The van der Waals surface area contributed by atoms with Crippen LogP contribution in [0.4, 0.5) is 26.7 Å². The Morgan fingerprint density at radius 3 is 2.50 bits per heavy atom. The molecule has 0 aromatic heterocycles. The lowest BCUT2D eigenvalue weighted by Gasteiger charge is -2.22. The van der Waals surface area contributed by atoms with Crippen LogP contribution in [0, 0.1) is 0 Å². The molecule has 132 valence electrons. The van der Waals surface area contributed by atoms with Crippen molar-refractivity contribution in [2.75, 3.05) is 6.61 Å². The Morgan fingerprint density at radius 2 is 1.96 bits per heavy atom. The molecule has 1 amide bonds. The highest BCUT2D eigenvalue weighted by atomic mass is 19.4. The molecule has 0 spiro atoms. The smallest absolute Gasteiger partial charge is 0.428 e. The van der Waals surface area contributed by atoms with E-state index in [0.29, 0.717) is 13.0 Å². The van der Waals surface area contributed by atoms with Gasteiger partial charge in [0, 0.05) is 12.5 Å². The highest BCUT2D eigenvalue weighted by Gasteiger charge is 2.36. The monoisotopic (exact) mass is 352 g/mol. The quantitative estimate of drug-likeness (QED) is 0.843. The minimum absolute atomic E-state index is 0.0189. The third-order valence-corrected chi connectivity index (χ3v) is 3.00. The molecule has 1 aliphatic heterocycles. The van der Waals surface area contributed by atoms with Gasteiger partial charge in [0.05, 0.1) is 5.56 Å². The van der Waals surface area contributed by atoms with Crippen LogP contribution in [0.15, 0.2) is 23.3 Å². The first kappa shape index (κ1) is 18.0. The van der Waals surface area contributed by atoms with Gasteiger partial charge in [-0.25, -0.2) is 19.0 Å². The second-order valence-electron chi connectivity index (χ2n) is 5.22. The van der Waals surface area contributed by atoms with E-state index in [2.05, 4.69) is 9.84 Å². The van der Waals surface area contributed by atoms with E-state index < -0.39 is 42.2 Å². The van der Waals surface area contributed by atoms with Crippen molar-refractivity contribution in [2.24, 2.45) is 5.10 Å². The molecule has 1 atom stereocenters. The molecule has 1 N–H and O–H groups in total. The lowest BCUT2D eigenvalue weighted by atomic mass is 10.0. The van der Waals surface area contributed by atoms with Gasteiger partial charge in [0.15, 0.2) is 6.61 Å². The number of carbonyl (C=O) groups is 1. The number of alkyl halides is 5. The molecule has 0 saturated heterocycles. The second-order valence-corrected chi connectivity index (χ2v) is 5.22. The maximum atomic E-state index is 13.2. The number of rotatable bonds is 4. The number of halogens is 5.